The minimum atomic E-state index is -4.50. The van der Waals surface area contributed by atoms with Gasteiger partial charge in [-0.2, -0.15) is 18.3 Å². The van der Waals surface area contributed by atoms with Crippen molar-refractivity contribution >= 4 is 5.97 Å². The molecule has 0 fully saturated rings. The summed E-state index contributed by atoms with van der Waals surface area (Å²) in [5, 5.41) is 12.5. The molecule has 0 radical (unpaired) electrons. The van der Waals surface area contributed by atoms with E-state index < -0.39 is 17.7 Å². The third kappa shape index (κ3) is 2.79. The normalized spacial score (nSPS) is 11.6. The number of rotatable bonds is 3. The Morgan fingerprint density at radius 3 is 2.60 bits per heavy atom. The third-order valence-electron chi connectivity index (χ3n) is 2.62. The lowest BCUT2D eigenvalue weighted by atomic mass is 10.2. The van der Waals surface area contributed by atoms with Crippen molar-refractivity contribution in [2.45, 2.75) is 19.5 Å². The highest BCUT2D eigenvalue weighted by Crippen LogP contribution is 2.29. The standard InChI is InChI=1S/C12H10F3N3O2/c1-2-9-3-7(11(19)20)4-10(17-9)18-6-8(5-16-18)12(13,14)15/h3-6H,2H2,1H3,(H,19,20). The number of carboxylic acid groups (broad SMARTS) is 1. The molecule has 2 aromatic rings. The van der Waals surface area contributed by atoms with E-state index in [2.05, 4.69) is 10.1 Å². The van der Waals surface area contributed by atoms with E-state index in [1.54, 1.807) is 6.92 Å². The Morgan fingerprint density at radius 2 is 2.10 bits per heavy atom. The number of aromatic carboxylic acids is 1. The van der Waals surface area contributed by atoms with Gasteiger partial charge in [0.1, 0.15) is 0 Å². The van der Waals surface area contributed by atoms with Gasteiger partial charge in [-0.3, -0.25) is 0 Å². The lowest BCUT2D eigenvalue weighted by Crippen LogP contribution is -2.06. The fourth-order valence-corrected chi connectivity index (χ4v) is 1.59. The fraction of sp³-hybridized carbons (Fsp3) is 0.250. The average Bonchev–Trinajstić information content (AvgIpc) is 2.87. The highest BCUT2D eigenvalue weighted by molar-refractivity contribution is 5.88. The van der Waals surface area contributed by atoms with Crippen LogP contribution >= 0.6 is 0 Å². The van der Waals surface area contributed by atoms with Crippen molar-refractivity contribution in [2.75, 3.05) is 0 Å². The van der Waals surface area contributed by atoms with Crippen molar-refractivity contribution in [3.8, 4) is 5.82 Å². The fourth-order valence-electron chi connectivity index (χ4n) is 1.59. The van der Waals surface area contributed by atoms with Gasteiger partial charge in [-0.15, -0.1) is 0 Å². The lowest BCUT2D eigenvalue weighted by molar-refractivity contribution is -0.137. The summed E-state index contributed by atoms with van der Waals surface area (Å²) >= 11 is 0. The molecule has 106 valence electrons. The molecule has 0 saturated heterocycles. The van der Waals surface area contributed by atoms with Gasteiger partial charge < -0.3 is 5.11 Å². The Morgan fingerprint density at radius 1 is 1.40 bits per heavy atom. The molecule has 0 unspecified atom stereocenters. The second-order valence-corrected chi connectivity index (χ2v) is 4.04. The van der Waals surface area contributed by atoms with Gasteiger partial charge in [0, 0.05) is 11.9 Å². The summed E-state index contributed by atoms with van der Waals surface area (Å²) in [6.45, 7) is 1.77. The SMILES string of the molecule is CCc1cc(C(=O)O)cc(-n2cc(C(F)(F)F)cn2)n1. The molecule has 8 heteroatoms. The van der Waals surface area contributed by atoms with Crippen LogP contribution in [-0.4, -0.2) is 25.8 Å². The van der Waals surface area contributed by atoms with Crippen LogP contribution in [0.1, 0.15) is 28.5 Å². The molecule has 0 aromatic carbocycles. The van der Waals surface area contributed by atoms with E-state index in [1.807, 2.05) is 0 Å². The van der Waals surface area contributed by atoms with E-state index in [0.29, 0.717) is 18.3 Å². The molecule has 2 aromatic heterocycles. The van der Waals surface area contributed by atoms with Gasteiger partial charge in [0.2, 0.25) is 0 Å². The molecule has 20 heavy (non-hydrogen) atoms. The molecule has 2 rings (SSSR count). The van der Waals surface area contributed by atoms with Gasteiger partial charge in [0.05, 0.1) is 17.3 Å². The number of alkyl halides is 3. The maximum Gasteiger partial charge on any atom is 0.419 e. The summed E-state index contributed by atoms with van der Waals surface area (Å²) in [5.74, 6) is -1.14. The van der Waals surface area contributed by atoms with Crippen LogP contribution in [0.4, 0.5) is 13.2 Å². The molecule has 0 aliphatic carbocycles. The largest absolute Gasteiger partial charge is 0.478 e. The number of aromatic nitrogens is 3. The Balaban J connectivity index is 2.49. The van der Waals surface area contributed by atoms with E-state index in [-0.39, 0.29) is 11.4 Å². The van der Waals surface area contributed by atoms with Gasteiger partial charge in [-0.1, -0.05) is 6.92 Å². The molecule has 0 atom stereocenters. The zero-order valence-corrected chi connectivity index (χ0v) is 10.3. The molecule has 1 N–H and O–H groups in total. The molecule has 0 spiro atoms. The van der Waals surface area contributed by atoms with E-state index in [4.69, 9.17) is 5.11 Å². The van der Waals surface area contributed by atoms with Crippen LogP contribution in [0.15, 0.2) is 24.5 Å². The van der Waals surface area contributed by atoms with Crippen LogP contribution in [-0.2, 0) is 12.6 Å². The van der Waals surface area contributed by atoms with E-state index in [9.17, 15) is 18.0 Å². The lowest BCUT2D eigenvalue weighted by Gasteiger charge is -2.05. The van der Waals surface area contributed by atoms with Crippen molar-refractivity contribution in [2.24, 2.45) is 0 Å². The minimum absolute atomic E-state index is 0.0391. The number of hydrogen-bond acceptors (Lipinski definition) is 3. The van der Waals surface area contributed by atoms with Crippen LogP contribution in [0.25, 0.3) is 5.82 Å². The monoisotopic (exact) mass is 285 g/mol. The number of halogens is 3. The number of aryl methyl sites for hydroxylation is 1. The van der Waals surface area contributed by atoms with Gasteiger partial charge in [0.15, 0.2) is 5.82 Å². The zero-order valence-electron chi connectivity index (χ0n) is 10.3. The van der Waals surface area contributed by atoms with E-state index in [0.717, 1.165) is 10.9 Å². The van der Waals surface area contributed by atoms with Crippen molar-refractivity contribution in [3.05, 3.63) is 41.3 Å². The summed E-state index contributed by atoms with van der Waals surface area (Å²) in [7, 11) is 0. The Hall–Kier alpha value is -2.38. The van der Waals surface area contributed by atoms with Crippen LogP contribution in [0.2, 0.25) is 0 Å². The summed E-state index contributed by atoms with van der Waals surface area (Å²) in [4.78, 5) is 15.0. The molecule has 0 bridgehead atoms. The summed E-state index contributed by atoms with van der Waals surface area (Å²) in [5.41, 5.74) is -0.502. The number of carboxylic acids is 1. The van der Waals surface area contributed by atoms with Crippen LogP contribution in [0.5, 0.6) is 0 Å². The van der Waals surface area contributed by atoms with Crippen LogP contribution in [0.3, 0.4) is 0 Å². The van der Waals surface area contributed by atoms with Crippen LogP contribution < -0.4 is 0 Å². The smallest absolute Gasteiger partial charge is 0.419 e. The second kappa shape index (κ2) is 4.95. The summed E-state index contributed by atoms with van der Waals surface area (Å²) < 4.78 is 38.4. The summed E-state index contributed by atoms with van der Waals surface area (Å²) in [6.07, 6.45) is -2.61. The Kier molecular flexibility index (Phi) is 3.47. The highest BCUT2D eigenvalue weighted by Gasteiger charge is 2.32. The van der Waals surface area contributed by atoms with E-state index in [1.165, 1.54) is 12.1 Å². The number of pyridine rings is 1. The number of hydrogen-bond donors (Lipinski definition) is 1. The van der Waals surface area contributed by atoms with Gasteiger partial charge in [-0.05, 0) is 18.6 Å². The van der Waals surface area contributed by atoms with Crippen molar-refractivity contribution < 1.29 is 23.1 Å². The molecule has 0 aliphatic rings. The number of nitrogens with zero attached hydrogens (tertiary/aromatic N) is 3. The predicted octanol–water partition coefficient (Wildman–Crippen LogP) is 2.55. The average molecular weight is 285 g/mol. The van der Waals surface area contributed by atoms with Crippen molar-refractivity contribution in [3.63, 3.8) is 0 Å². The predicted molar refractivity (Wildman–Crippen MR) is 62.7 cm³/mol. The van der Waals surface area contributed by atoms with Crippen molar-refractivity contribution in [1.82, 2.24) is 14.8 Å². The molecule has 5 nitrogen and oxygen atoms in total. The highest BCUT2D eigenvalue weighted by atomic mass is 19.4. The first-order valence-electron chi connectivity index (χ1n) is 5.67. The topological polar surface area (TPSA) is 68.0 Å². The van der Waals surface area contributed by atoms with Gasteiger partial charge in [0.25, 0.3) is 0 Å². The molecule has 0 saturated carbocycles. The Bertz CT molecular complexity index is 650. The molecular weight excluding hydrogens is 275 g/mol. The first kappa shape index (κ1) is 14.0. The number of carbonyl (C=O) groups is 1. The quantitative estimate of drug-likeness (QED) is 0.941. The van der Waals surface area contributed by atoms with Crippen molar-refractivity contribution in [1.29, 1.82) is 0 Å². The maximum absolute atomic E-state index is 12.5. The second-order valence-electron chi connectivity index (χ2n) is 4.04. The first-order chi connectivity index (χ1) is 9.31. The van der Waals surface area contributed by atoms with Gasteiger partial charge >= 0.3 is 12.1 Å². The first-order valence-corrected chi connectivity index (χ1v) is 5.67. The molecule has 0 aliphatic heterocycles. The van der Waals surface area contributed by atoms with Crippen LogP contribution in [0, 0.1) is 0 Å². The van der Waals surface area contributed by atoms with Gasteiger partial charge in [-0.25, -0.2) is 14.5 Å². The third-order valence-corrected chi connectivity index (χ3v) is 2.62. The molecular formula is C12H10F3N3O2. The summed E-state index contributed by atoms with van der Waals surface area (Å²) in [6, 6.07) is 2.55. The minimum Gasteiger partial charge on any atom is -0.478 e. The Labute approximate surface area is 111 Å². The molecule has 2 heterocycles. The molecule has 0 amide bonds. The van der Waals surface area contributed by atoms with E-state index >= 15 is 0 Å². The zero-order chi connectivity index (χ0) is 14.9. The maximum atomic E-state index is 12.5.